The van der Waals surface area contributed by atoms with Crippen molar-refractivity contribution in [2.75, 3.05) is 11.6 Å². The van der Waals surface area contributed by atoms with Crippen LogP contribution in [-0.2, 0) is 0 Å². The van der Waals surface area contributed by atoms with E-state index in [-0.39, 0.29) is 6.04 Å². The van der Waals surface area contributed by atoms with Crippen LogP contribution in [0.4, 0.5) is 5.82 Å². The van der Waals surface area contributed by atoms with Crippen molar-refractivity contribution in [3.63, 3.8) is 0 Å². The summed E-state index contributed by atoms with van der Waals surface area (Å²) in [4.78, 5) is 8.30. The number of nitrogens with zero attached hydrogens (tertiary/aromatic N) is 2. The van der Waals surface area contributed by atoms with Gasteiger partial charge in [0.15, 0.2) is 5.16 Å². The van der Waals surface area contributed by atoms with E-state index in [1.54, 1.807) is 6.07 Å². The van der Waals surface area contributed by atoms with E-state index in [0.717, 1.165) is 0 Å². The highest BCUT2D eigenvalue weighted by molar-refractivity contribution is 7.98. The molecule has 0 aliphatic carbocycles. The molecule has 1 unspecified atom stereocenters. The van der Waals surface area contributed by atoms with Crippen LogP contribution in [0.1, 0.15) is 13.3 Å². The maximum absolute atomic E-state index is 5.84. The van der Waals surface area contributed by atoms with E-state index >= 15 is 0 Å². The SMILES string of the molecule is C#CCC(C)Nc1cc(Cl)nc(SC)n1. The van der Waals surface area contributed by atoms with Gasteiger partial charge in [-0.25, -0.2) is 9.97 Å². The highest BCUT2D eigenvalue weighted by atomic mass is 35.5. The van der Waals surface area contributed by atoms with Gasteiger partial charge in [-0.15, -0.1) is 12.3 Å². The summed E-state index contributed by atoms with van der Waals surface area (Å²) in [5, 5.41) is 4.25. The number of halogens is 1. The summed E-state index contributed by atoms with van der Waals surface area (Å²) in [5.74, 6) is 3.30. The zero-order chi connectivity index (χ0) is 11.3. The molecule has 3 nitrogen and oxygen atoms in total. The lowest BCUT2D eigenvalue weighted by Crippen LogP contribution is -2.15. The van der Waals surface area contributed by atoms with Crippen molar-refractivity contribution < 1.29 is 0 Å². The van der Waals surface area contributed by atoms with E-state index in [9.17, 15) is 0 Å². The van der Waals surface area contributed by atoms with Gasteiger partial charge in [-0.1, -0.05) is 23.4 Å². The first kappa shape index (κ1) is 12.2. The van der Waals surface area contributed by atoms with Crippen molar-refractivity contribution in [1.82, 2.24) is 9.97 Å². The molecule has 0 bridgehead atoms. The monoisotopic (exact) mass is 241 g/mol. The molecular weight excluding hydrogens is 230 g/mol. The molecule has 15 heavy (non-hydrogen) atoms. The number of terminal acetylenes is 1. The van der Waals surface area contributed by atoms with E-state index in [1.807, 2.05) is 13.2 Å². The lowest BCUT2D eigenvalue weighted by atomic mass is 10.2. The largest absolute Gasteiger partial charge is 0.366 e. The van der Waals surface area contributed by atoms with Gasteiger partial charge in [-0.05, 0) is 13.2 Å². The first-order valence-corrected chi connectivity index (χ1v) is 6.04. The van der Waals surface area contributed by atoms with Crippen LogP contribution in [0, 0.1) is 12.3 Å². The predicted molar refractivity (Wildman–Crippen MR) is 65.4 cm³/mol. The Labute approximate surface area is 99.0 Å². The van der Waals surface area contributed by atoms with Crippen LogP contribution in [0.15, 0.2) is 11.2 Å². The molecule has 1 aromatic heterocycles. The minimum Gasteiger partial charge on any atom is -0.366 e. The third kappa shape index (κ3) is 3.98. The molecule has 0 saturated heterocycles. The Morgan fingerprint density at radius 2 is 2.40 bits per heavy atom. The molecule has 1 rings (SSSR count). The minimum atomic E-state index is 0.177. The quantitative estimate of drug-likeness (QED) is 0.381. The van der Waals surface area contributed by atoms with Crippen LogP contribution in [-0.4, -0.2) is 22.3 Å². The Hall–Kier alpha value is -0.920. The molecule has 1 N–H and O–H groups in total. The minimum absolute atomic E-state index is 0.177. The molecule has 5 heteroatoms. The zero-order valence-corrected chi connectivity index (χ0v) is 10.2. The highest BCUT2D eigenvalue weighted by Gasteiger charge is 2.05. The first-order valence-electron chi connectivity index (χ1n) is 4.44. The van der Waals surface area contributed by atoms with Gasteiger partial charge in [-0.2, -0.15) is 0 Å². The molecule has 80 valence electrons. The van der Waals surface area contributed by atoms with Gasteiger partial charge in [-0.3, -0.25) is 0 Å². The van der Waals surface area contributed by atoms with Gasteiger partial charge in [0.05, 0.1) is 0 Å². The molecule has 0 aliphatic rings. The van der Waals surface area contributed by atoms with Crippen molar-refractivity contribution in [2.24, 2.45) is 0 Å². The number of aromatic nitrogens is 2. The smallest absolute Gasteiger partial charge is 0.190 e. The Kier molecular flexibility index (Phi) is 4.73. The Morgan fingerprint density at radius 1 is 1.67 bits per heavy atom. The third-order valence-electron chi connectivity index (χ3n) is 1.68. The molecule has 0 spiro atoms. The normalized spacial score (nSPS) is 11.9. The second-order valence-corrected chi connectivity index (χ2v) is 4.18. The van der Waals surface area contributed by atoms with Gasteiger partial charge >= 0.3 is 0 Å². The van der Waals surface area contributed by atoms with Crippen LogP contribution in [0.25, 0.3) is 0 Å². The maximum atomic E-state index is 5.84. The summed E-state index contributed by atoms with van der Waals surface area (Å²) >= 11 is 7.30. The Balaban J connectivity index is 2.77. The van der Waals surface area contributed by atoms with E-state index in [0.29, 0.717) is 22.5 Å². The molecule has 0 saturated carbocycles. The lowest BCUT2D eigenvalue weighted by Gasteiger charge is -2.11. The van der Waals surface area contributed by atoms with Crippen LogP contribution in [0.3, 0.4) is 0 Å². The summed E-state index contributed by atoms with van der Waals surface area (Å²) in [5.41, 5.74) is 0. The highest BCUT2D eigenvalue weighted by Crippen LogP contribution is 2.17. The average molecular weight is 242 g/mol. The fourth-order valence-electron chi connectivity index (χ4n) is 1.04. The molecule has 1 atom stereocenters. The van der Waals surface area contributed by atoms with Crippen LogP contribution in [0.2, 0.25) is 5.15 Å². The zero-order valence-electron chi connectivity index (χ0n) is 8.62. The van der Waals surface area contributed by atoms with E-state index in [2.05, 4.69) is 21.2 Å². The summed E-state index contributed by atoms with van der Waals surface area (Å²) in [7, 11) is 0. The number of rotatable bonds is 4. The van der Waals surface area contributed by atoms with Crippen molar-refractivity contribution in [1.29, 1.82) is 0 Å². The predicted octanol–water partition coefficient (Wildman–Crippen LogP) is 2.68. The van der Waals surface area contributed by atoms with Gasteiger partial charge in [0.1, 0.15) is 11.0 Å². The summed E-state index contributed by atoms with van der Waals surface area (Å²) in [6.45, 7) is 1.99. The summed E-state index contributed by atoms with van der Waals surface area (Å²) in [6.07, 6.45) is 7.77. The molecule has 0 aliphatic heterocycles. The van der Waals surface area contributed by atoms with E-state index in [4.69, 9.17) is 18.0 Å². The molecule has 0 radical (unpaired) electrons. The van der Waals surface area contributed by atoms with Crippen molar-refractivity contribution in [2.45, 2.75) is 24.5 Å². The molecule has 1 heterocycles. The Bertz CT molecular complexity index is 375. The first-order chi connectivity index (χ1) is 7.15. The van der Waals surface area contributed by atoms with Gasteiger partial charge in [0, 0.05) is 18.5 Å². The number of anilines is 1. The fraction of sp³-hybridized carbons (Fsp3) is 0.400. The maximum Gasteiger partial charge on any atom is 0.190 e. The molecule has 1 aromatic rings. The average Bonchev–Trinajstić information content (AvgIpc) is 2.17. The number of hydrogen-bond donors (Lipinski definition) is 1. The Morgan fingerprint density at radius 3 is 3.00 bits per heavy atom. The van der Waals surface area contributed by atoms with Crippen LogP contribution in [0.5, 0.6) is 0 Å². The molecule has 0 aromatic carbocycles. The van der Waals surface area contributed by atoms with E-state index in [1.165, 1.54) is 11.8 Å². The topological polar surface area (TPSA) is 37.8 Å². The van der Waals surface area contributed by atoms with Crippen LogP contribution >= 0.6 is 23.4 Å². The van der Waals surface area contributed by atoms with Crippen LogP contribution < -0.4 is 5.32 Å². The van der Waals surface area contributed by atoms with Crippen molar-refractivity contribution in [3.8, 4) is 12.3 Å². The van der Waals surface area contributed by atoms with Gasteiger partial charge in [0.2, 0.25) is 0 Å². The lowest BCUT2D eigenvalue weighted by molar-refractivity contribution is 0.811. The summed E-state index contributed by atoms with van der Waals surface area (Å²) in [6, 6.07) is 1.87. The molecular formula is C10H12ClN3S. The van der Waals surface area contributed by atoms with Gasteiger partial charge < -0.3 is 5.32 Å². The third-order valence-corrected chi connectivity index (χ3v) is 2.42. The summed E-state index contributed by atoms with van der Waals surface area (Å²) < 4.78 is 0. The molecule has 0 amide bonds. The fourth-order valence-corrected chi connectivity index (χ4v) is 1.66. The number of hydrogen-bond acceptors (Lipinski definition) is 4. The van der Waals surface area contributed by atoms with Crippen molar-refractivity contribution >= 4 is 29.2 Å². The standard InChI is InChI=1S/C10H12ClN3S/c1-4-5-7(2)12-9-6-8(11)13-10(14-9)15-3/h1,6-7H,5H2,2-3H3,(H,12,13,14). The number of nitrogens with one attached hydrogen (secondary N) is 1. The van der Waals surface area contributed by atoms with Crippen molar-refractivity contribution in [3.05, 3.63) is 11.2 Å². The van der Waals surface area contributed by atoms with Gasteiger partial charge in [0.25, 0.3) is 0 Å². The number of thioether (sulfide) groups is 1. The molecule has 0 fully saturated rings. The van der Waals surface area contributed by atoms with E-state index < -0.39 is 0 Å². The second kappa shape index (κ2) is 5.84. The second-order valence-electron chi connectivity index (χ2n) is 3.02.